The van der Waals surface area contributed by atoms with Gasteiger partial charge in [-0.1, -0.05) is 42.1 Å². The topological polar surface area (TPSA) is 72.5 Å². The summed E-state index contributed by atoms with van der Waals surface area (Å²) in [5.41, 5.74) is 3.35. The molecule has 170 valence electrons. The molecule has 0 heterocycles. The van der Waals surface area contributed by atoms with Crippen LogP contribution in [0.4, 0.5) is 5.69 Å². The van der Waals surface area contributed by atoms with E-state index >= 15 is 0 Å². The molecule has 0 radical (unpaired) electrons. The van der Waals surface area contributed by atoms with Crippen LogP contribution in [0.3, 0.4) is 0 Å². The van der Waals surface area contributed by atoms with Gasteiger partial charge in [0.2, 0.25) is 5.91 Å². The number of carbonyl (C=O) groups excluding carboxylic acids is 3. The minimum absolute atomic E-state index is 0.0836. The number of benzene rings is 3. The van der Waals surface area contributed by atoms with E-state index in [4.69, 9.17) is 4.74 Å². The standard InChI is InChI=1S/C27H27NO4S/c1-19-11-12-21(17-20(19)2)25(29)18-32-27(31)10-6-9-26(30)28-22-13-15-24(16-14-22)33-23-7-4-3-5-8-23/h3-5,7-8,11-17H,6,9-10,18H2,1-2H3,(H,28,30). The minimum Gasteiger partial charge on any atom is -0.457 e. The lowest BCUT2D eigenvalue weighted by atomic mass is 10.0. The molecule has 0 saturated carbocycles. The minimum atomic E-state index is -0.484. The Morgan fingerprint density at radius 1 is 0.818 bits per heavy atom. The third-order valence-electron chi connectivity index (χ3n) is 5.09. The van der Waals surface area contributed by atoms with Crippen LogP contribution in [0.2, 0.25) is 0 Å². The summed E-state index contributed by atoms with van der Waals surface area (Å²) >= 11 is 1.65. The van der Waals surface area contributed by atoms with E-state index in [-0.39, 0.29) is 31.1 Å². The molecule has 33 heavy (non-hydrogen) atoms. The highest BCUT2D eigenvalue weighted by atomic mass is 32.2. The lowest BCUT2D eigenvalue weighted by Gasteiger charge is -2.08. The number of ketones is 1. The Morgan fingerprint density at radius 3 is 2.21 bits per heavy atom. The van der Waals surface area contributed by atoms with Crippen molar-refractivity contribution in [2.75, 3.05) is 11.9 Å². The molecule has 0 aliphatic heterocycles. The lowest BCUT2D eigenvalue weighted by Crippen LogP contribution is -2.15. The Labute approximate surface area is 198 Å². The second kappa shape index (κ2) is 12.0. The molecule has 0 unspecified atom stereocenters. The first kappa shape index (κ1) is 24.3. The molecule has 6 heteroatoms. The van der Waals surface area contributed by atoms with Crippen molar-refractivity contribution in [3.8, 4) is 0 Å². The van der Waals surface area contributed by atoms with Crippen LogP contribution < -0.4 is 5.32 Å². The summed E-state index contributed by atoms with van der Waals surface area (Å²) in [6.45, 7) is 3.61. The highest BCUT2D eigenvalue weighted by Crippen LogP contribution is 2.28. The predicted molar refractivity (Wildman–Crippen MR) is 131 cm³/mol. The first-order chi connectivity index (χ1) is 15.9. The number of hydrogen-bond acceptors (Lipinski definition) is 5. The molecular weight excluding hydrogens is 434 g/mol. The number of ether oxygens (including phenoxy) is 1. The van der Waals surface area contributed by atoms with Crippen LogP contribution in [-0.2, 0) is 14.3 Å². The maximum absolute atomic E-state index is 12.2. The second-order valence-electron chi connectivity index (χ2n) is 7.72. The van der Waals surface area contributed by atoms with Gasteiger partial charge in [0.1, 0.15) is 0 Å². The van der Waals surface area contributed by atoms with Crippen molar-refractivity contribution in [3.63, 3.8) is 0 Å². The molecule has 5 nitrogen and oxygen atoms in total. The fraction of sp³-hybridized carbons (Fsp3) is 0.222. The summed E-state index contributed by atoms with van der Waals surface area (Å²) in [7, 11) is 0. The lowest BCUT2D eigenvalue weighted by molar-refractivity contribution is -0.142. The highest BCUT2D eigenvalue weighted by Gasteiger charge is 2.12. The summed E-state index contributed by atoms with van der Waals surface area (Å²) in [5, 5.41) is 2.83. The molecule has 0 aliphatic carbocycles. The Morgan fingerprint density at radius 2 is 1.52 bits per heavy atom. The number of Topliss-reactive ketones (excluding diaryl/α,β-unsaturated/α-hetero) is 1. The number of amides is 1. The number of aryl methyl sites for hydroxylation is 2. The molecule has 3 aromatic carbocycles. The van der Waals surface area contributed by atoms with Gasteiger partial charge in [-0.05, 0) is 73.9 Å². The van der Waals surface area contributed by atoms with E-state index < -0.39 is 5.97 Å². The van der Waals surface area contributed by atoms with Gasteiger partial charge in [0.15, 0.2) is 12.4 Å². The van der Waals surface area contributed by atoms with Crippen molar-refractivity contribution in [1.29, 1.82) is 0 Å². The second-order valence-corrected chi connectivity index (χ2v) is 8.87. The van der Waals surface area contributed by atoms with E-state index in [2.05, 4.69) is 5.32 Å². The summed E-state index contributed by atoms with van der Waals surface area (Å²) in [6, 6.07) is 23.1. The molecule has 1 N–H and O–H groups in total. The number of anilines is 1. The third-order valence-corrected chi connectivity index (χ3v) is 6.11. The summed E-state index contributed by atoms with van der Waals surface area (Å²) in [4.78, 5) is 38.5. The fourth-order valence-electron chi connectivity index (χ4n) is 3.06. The van der Waals surface area contributed by atoms with Crippen molar-refractivity contribution < 1.29 is 19.1 Å². The summed E-state index contributed by atoms with van der Waals surface area (Å²) < 4.78 is 5.07. The molecule has 0 bridgehead atoms. The zero-order valence-corrected chi connectivity index (χ0v) is 19.6. The van der Waals surface area contributed by atoms with Crippen molar-refractivity contribution >= 4 is 35.1 Å². The largest absolute Gasteiger partial charge is 0.457 e. The Bertz CT molecular complexity index is 1110. The molecule has 0 saturated heterocycles. The van der Waals surface area contributed by atoms with Crippen molar-refractivity contribution in [2.24, 2.45) is 0 Å². The zero-order valence-electron chi connectivity index (χ0n) is 18.8. The SMILES string of the molecule is Cc1ccc(C(=O)COC(=O)CCCC(=O)Nc2ccc(Sc3ccccc3)cc2)cc1C. The van der Waals surface area contributed by atoms with Crippen molar-refractivity contribution in [1.82, 2.24) is 0 Å². The van der Waals surface area contributed by atoms with Crippen LogP contribution >= 0.6 is 11.8 Å². The van der Waals surface area contributed by atoms with Gasteiger partial charge in [0.25, 0.3) is 0 Å². The van der Waals surface area contributed by atoms with Gasteiger partial charge in [-0.15, -0.1) is 0 Å². The molecule has 0 spiro atoms. The molecule has 3 aromatic rings. The van der Waals surface area contributed by atoms with Gasteiger partial charge in [-0.2, -0.15) is 0 Å². The average molecular weight is 462 g/mol. The third kappa shape index (κ3) is 7.91. The van der Waals surface area contributed by atoms with Crippen LogP contribution in [0.5, 0.6) is 0 Å². The van der Waals surface area contributed by atoms with E-state index in [1.54, 1.807) is 23.9 Å². The monoisotopic (exact) mass is 461 g/mol. The molecule has 0 aliphatic rings. The van der Waals surface area contributed by atoms with E-state index in [0.717, 1.165) is 20.9 Å². The average Bonchev–Trinajstić information content (AvgIpc) is 2.81. The van der Waals surface area contributed by atoms with Gasteiger partial charge in [-0.3, -0.25) is 14.4 Å². The number of carbonyl (C=O) groups is 3. The zero-order chi connectivity index (χ0) is 23.6. The van der Waals surface area contributed by atoms with Gasteiger partial charge in [-0.25, -0.2) is 0 Å². The number of hydrogen-bond donors (Lipinski definition) is 1. The van der Waals surface area contributed by atoms with Crippen molar-refractivity contribution in [3.05, 3.63) is 89.5 Å². The van der Waals surface area contributed by atoms with Crippen LogP contribution in [0.1, 0.15) is 40.7 Å². The maximum atomic E-state index is 12.2. The summed E-state index contributed by atoms with van der Waals surface area (Å²) in [6.07, 6.45) is 0.630. The van der Waals surface area contributed by atoms with E-state index in [1.165, 1.54) is 0 Å². The van der Waals surface area contributed by atoms with Gasteiger partial charge < -0.3 is 10.1 Å². The number of nitrogens with one attached hydrogen (secondary N) is 1. The van der Waals surface area contributed by atoms with E-state index in [0.29, 0.717) is 17.7 Å². The smallest absolute Gasteiger partial charge is 0.306 e. The molecule has 0 aromatic heterocycles. The van der Waals surface area contributed by atoms with Gasteiger partial charge in [0.05, 0.1) is 0 Å². The normalized spacial score (nSPS) is 10.5. The fourth-order valence-corrected chi connectivity index (χ4v) is 3.90. The van der Waals surface area contributed by atoms with E-state index in [9.17, 15) is 14.4 Å². The molecule has 0 atom stereocenters. The van der Waals surface area contributed by atoms with Gasteiger partial charge in [0, 0.05) is 33.9 Å². The molecule has 1 amide bonds. The first-order valence-corrected chi connectivity index (χ1v) is 11.6. The Kier molecular flexibility index (Phi) is 8.84. The Balaban J connectivity index is 1.35. The quantitative estimate of drug-likeness (QED) is 0.297. The van der Waals surface area contributed by atoms with Crippen molar-refractivity contribution in [2.45, 2.75) is 42.9 Å². The molecule has 0 fully saturated rings. The van der Waals surface area contributed by atoms with Gasteiger partial charge >= 0.3 is 5.97 Å². The maximum Gasteiger partial charge on any atom is 0.306 e. The summed E-state index contributed by atoms with van der Waals surface area (Å²) in [5.74, 6) is -0.891. The molecular formula is C27H27NO4S. The van der Waals surface area contributed by atoms with Crippen LogP contribution in [0, 0.1) is 13.8 Å². The Hall–Kier alpha value is -3.38. The first-order valence-electron chi connectivity index (χ1n) is 10.8. The van der Waals surface area contributed by atoms with Crippen LogP contribution in [-0.4, -0.2) is 24.3 Å². The van der Waals surface area contributed by atoms with Crippen LogP contribution in [0.25, 0.3) is 0 Å². The highest BCUT2D eigenvalue weighted by molar-refractivity contribution is 7.99. The van der Waals surface area contributed by atoms with E-state index in [1.807, 2.05) is 74.5 Å². The molecule has 3 rings (SSSR count). The van der Waals surface area contributed by atoms with Crippen LogP contribution in [0.15, 0.2) is 82.6 Å². The number of rotatable bonds is 10. The predicted octanol–water partition coefficient (Wildman–Crippen LogP) is 5.99. The number of esters is 1.